The molecule has 5 heterocycles. The van der Waals surface area contributed by atoms with E-state index in [1.165, 1.54) is 45.7 Å². The van der Waals surface area contributed by atoms with Crippen LogP contribution in [-0.4, -0.2) is 33.3 Å². The van der Waals surface area contributed by atoms with Gasteiger partial charge in [-0.25, -0.2) is 17.6 Å². The molecule has 2 aromatic carbocycles. The van der Waals surface area contributed by atoms with Crippen LogP contribution < -0.4 is 10.4 Å². The number of aromatic nitrogens is 1. The second-order valence-electron chi connectivity index (χ2n) is 9.80. The minimum absolute atomic E-state index is 0.0161. The highest BCUT2D eigenvalue weighted by molar-refractivity contribution is 7.98. The maximum absolute atomic E-state index is 15.9. The van der Waals surface area contributed by atoms with Gasteiger partial charge in [-0.05, 0) is 42.2 Å². The third kappa shape index (κ3) is 2.94. The SMILES string of the molecule is O=C1c2c(O)c(=O)ccn2N2C3C[C@H](CCN13)C(F)(F)c1ccc3c(c1)[C@@H]2c1ccc(F)c(F)c1CS3. The number of rotatable bonds is 0. The summed E-state index contributed by atoms with van der Waals surface area (Å²) in [7, 11) is 0. The van der Waals surface area contributed by atoms with Crippen molar-refractivity contribution in [2.45, 2.75) is 41.6 Å². The lowest BCUT2D eigenvalue weighted by molar-refractivity contribution is -0.0947. The number of fused-ring (bicyclic) bond motifs is 7. The first-order chi connectivity index (χ1) is 17.7. The van der Waals surface area contributed by atoms with Crippen LogP contribution >= 0.6 is 11.8 Å². The number of aromatic hydroxyl groups is 1. The Balaban J connectivity index is 1.61. The van der Waals surface area contributed by atoms with Crippen molar-refractivity contribution in [3.8, 4) is 5.75 Å². The molecule has 1 aromatic heterocycles. The third-order valence-electron chi connectivity index (χ3n) is 8.01. The molecule has 4 aliphatic rings. The van der Waals surface area contributed by atoms with Crippen molar-refractivity contribution in [3.63, 3.8) is 0 Å². The summed E-state index contributed by atoms with van der Waals surface area (Å²) in [5, 5.41) is 12.3. The molecular formula is C26H19F4N3O3S. The highest BCUT2D eigenvalue weighted by Gasteiger charge is 2.53. The standard InChI is InChI=1S/C26H19F4N3O3S/c27-17-3-2-14-16(21(17)28)11-37-19-4-1-12-9-15(19)22(14)33-20-10-13(26(12,29)30)5-7-31(20)25(36)23-24(35)18(34)6-8-32(23)33/h1-4,6,8-9,13,20,22,35H,5,7,10-11H2/t13-,20?,22-/m0/s1. The number of amides is 1. The van der Waals surface area contributed by atoms with E-state index in [1.807, 2.05) is 0 Å². The number of hydrogen-bond donors (Lipinski definition) is 1. The van der Waals surface area contributed by atoms with E-state index in [2.05, 4.69) is 0 Å². The normalized spacial score (nSPS) is 24.9. The van der Waals surface area contributed by atoms with Gasteiger partial charge in [-0.3, -0.25) is 19.3 Å². The fourth-order valence-corrected chi connectivity index (χ4v) is 7.29. The van der Waals surface area contributed by atoms with Crippen molar-refractivity contribution in [3.05, 3.63) is 92.4 Å². The molecule has 11 heteroatoms. The number of thioether (sulfide) groups is 1. The molecule has 0 radical (unpaired) electrons. The van der Waals surface area contributed by atoms with Gasteiger partial charge < -0.3 is 10.0 Å². The van der Waals surface area contributed by atoms with E-state index in [4.69, 9.17) is 0 Å². The summed E-state index contributed by atoms with van der Waals surface area (Å²) in [6, 6.07) is 7.03. The predicted molar refractivity (Wildman–Crippen MR) is 126 cm³/mol. The van der Waals surface area contributed by atoms with Gasteiger partial charge in [0.15, 0.2) is 23.1 Å². The Morgan fingerprint density at radius 1 is 1.05 bits per heavy atom. The summed E-state index contributed by atoms with van der Waals surface area (Å²) in [5.41, 5.74) is -0.286. The minimum Gasteiger partial charge on any atom is -0.502 e. The van der Waals surface area contributed by atoms with E-state index in [-0.39, 0.29) is 42.0 Å². The number of benzene rings is 2. The summed E-state index contributed by atoms with van der Waals surface area (Å²) in [4.78, 5) is 27.8. The van der Waals surface area contributed by atoms with Crippen molar-refractivity contribution < 1.29 is 27.5 Å². The minimum atomic E-state index is -3.19. The first kappa shape index (κ1) is 22.7. The number of nitrogens with zero attached hydrogens (tertiary/aromatic N) is 3. The Hall–Kier alpha value is -3.47. The number of halogens is 4. The van der Waals surface area contributed by atoms with Crippen molar-refractivity contribution in [1.29, 1.82) is 0 Å². The fourth-order valence-electron chi connectivity index (χ4n) is 6.19. The molecule has 3 atom stereocenters. The van der Waals surface area contributed by atoms with Crippen LogP contribution in [0.15, 0.2) is 52.3 Å². The maximum atomic E-state index is 15.9. The average Bonchev–Trinajstić information content (AvgIpc) is 3.03. The largest absolute Gasteiger partial charge is 0.502 e. The molecule has 190 valence electrons. The first-order valence-corrected chi connectivity index (χ1v) is 12.8. The fraction of sp³-hybridized carbons (Fsp3) is 0.308. The lowest BCUT2D eigenvalue weighted by Crippen LogP contribution is -2.65. The van der Waals surface area contributed by atoms with Crippen LogP contribution in [0.3, 0.4) is 0 Å². The average molecular weight is 530 g/mol. The summed E-state index contributed by atoms with van der Waals surface area (Å²) < 4.78 is 62.6. The highest BCUT2D eigenvalue weighted by atomic mass is 32.2. The van der Waals surface area contributed by atoms with Gasteiger partial charge in [0.25, 0.3) is 11.8 Å². The van der Waals surface area contributed by atoms with Gasteiger partial charge in [0.2, 0.25) is 5.43 Å². The molecular weight excluding hydrogens is 510 g/mol. The molecule has 1 unspecified atom stereocenters. The van der Waals surface area contributed by atoms with Gasteiger partial charge in [-0.15, -0.1) is 11.8 Å². The van der Waals surface area contributed by atoms with Crippen LogP contribution in [0.4, 0.5) is 17.6 Å². The van der Waals surface area contributed by atoms with Crippen LogP contribution in [-0.2, 0) is 11.7 Å². The highest BCUT2D eigenvalue weighted by Crippen LogP contribution is 2.52. The van der Waals surface area contributed by atoms with E-state index >= 15 is 13.2 Å². The molecule has 1 amide bonds. The topological polar surface area (TPSA) is 65.8 Å². The Morgan fingerprint density at radius 2 is 1.86 bits per heavy atom. The molecule has 7 rings (SSSR count). The van der Waals surface area contributed by atoms with E-state index < -0.39 is 52.8 Å². The summed E-state index contributed by atoms with van der Waals surface area (Å²) in [6.07, 6.45) is 0.366. The van der Waals surface area contributed by atoms with Crippen LogP contribution in [0, 0.1) is 17.6 Å². The van der Waals surface area contributed by atoms with Crippen molar-refractivity contribution >= 4 is 17.7 Å². The molecule has 0 spiro atoms. The third-order valence-corrected chi connectivity index (χ3v) is 9.13. The zero-order chi connectivity index (χ0) is 25.8. The molecule has 0 saturated carbocycles. The molecule has 1 fully saturated rings. The Labute approximate surface area is 212 Å². The predicted octanol–water partition coefficient (Wildman–Crippen LogP) is 4.46. The summed E-state index contributed by atoms with van der Waals surface area (Å²) in [6.45, 7) is -0.0161. The van der Waals surface area contributed by atoms with E-state index in [0.29, 0.717) is 16.0 Å². The van der Waals surface area contributed by atoms with Gasteiger partial charge in [0, 0.05) is 46.5 Å². The molecule has 1 N–H and O–H groups in total. The monoisotopic (exact) mass is 529 g/mol. The van der Waals surface area contributed by atoms with Crippen LogP contribution in [0.1, 0.15) is 51.6 Å². The number of pyridine rings is 1. The van der Waals surface area contributed by atoms with Crippen LogP contribution in [0.2, 0.25) is 0 Å². The van der Waals surface area contributed by atoms with Crippen molar-refractivity contribution in [1.82, 2.24) is 9.58 Å². The lowest BCUT2D eigenvalue weighted by Gasteiger charge is -2.53. The van der Waals surface area contributed by atoms with Crippen LogP contribution in [0.5, 0.6) is 5.75 Å². The molecule has 0 aliphatic carbocycles. The molecule has 37 heavy (non-hydrogen) atoms. The van der Waals surface area contributed by atoms with E-state index in [9.17, 15) is 19.1 Å². The lowest BCUT2D eigenvalue weighted by atomic mass is 9.84. The Bertz CT molecular complexity index is 1580. The quantitative estimate of drug-likeness (QED) is 0.436. The number of carbonyl (C=O) groups is 1. The number of alkyl halides is 2. The molecule has 4 bridgehead atoms. The zero-order valence-corrected chi connectivity index (χ0v) is 19.9. The Morgan fingerprint density at radius 3 is 2.68 bits per heavy atom. The maximum Gasteiger partial charge on any atom is 0.278 e. The van der Waals surface area contributed by atoms with Gasteiger partial charge in [-0.2, -0.15) is 0 Å². The second-order valence-corrected chi connectivity index (χ2v) is 10.8. The molecule has 1 saturated heterocycles. The number of piperidine rings is 1. The summed E-state index contributed by atoms with van der Waals surface area (Å²) in [5.74, 6) is -7.63. The van der Waals surface area contributed by atoms with Gasteiger partial charge in [0.05, 0.1) is 6.04 Å². The first-order valence-electron chi connectivity index (χ1n) is 11.8. The smallest absolute Gasteiger partial charge is 0.278 e. The van der Waals surface area contributed by atoms with Crippen molar-refractivity contribution in [2.75, 3.05) is 11.6 Å². The van der Waals surface area contributed by atoms with E-state index in [1.54, 1.807) is 11.1 Å². The van der Waals surface area contributed by atoms with Gasteiger partial charge >= 0.3 is 0 Å². The number of hydrogen-bond acceptors (Lipinski definition) is 5. The molecule has 3 aromatic rings. The summed E-state index contributed by atoms with van der Waals surface area (Å²) >= 11 is 1.22. The number of carbonyl (C=O) groups excluding carboxylic acids is 1. The Kier molecular flexibility index (Phi) is 4.62. The second kappa shape index (κ2) is 7.53. The molecule has 4 aliphatic heterocycles. The van der Waals surface area contributed by atoms with Crippen LogP contribution in [0.25, 0.3) is 0 Å². The zero-order valence-electron chi connectivity index (χ0n) is 19.1. The van der Waals surface area contributed by atoms with Gasteiger partial charge in [0.1, 0.15) is 6.17 Å². The van der Waals surface area contributed by atoms with Crippen molar-refractivity contribution in [2.24, 2.45) is 5.92 Å². The van der Waals surface area contributed by atoms with Gasteiger partial charge in [-0.1, -0.05) is 12.1 Å². The van der Waals surface area contributed by atoms with E-state index in [0.717, 1.165) is 12.1 Å². The molecule has 6 nitrogen and oxygen atoms in total.